The first-order chi connectivity index (χ1) is 35.0. The van der Waals surface area contributed by atoms with E-state index in [0.29, 0.717) is 19.3 Å². The van der Waals surface area contributed by atoms with Crippen molar-refractivity contribution in [1.82, 2.24) is 0 Å². The summed E-state index contributed by atoms with van der Waals surface area (Å²) in [6.45, 7) is 6.45. The van der Waals surface area contributed by atoms with Gasteiger partial charge in [-0.3, -0.25) is 14.4 Å². The second kappa shape index (κ2) is 58.9. The quantitative estimate of drug-likeness (QED) is 0.0261. The summed E-state index contributed by atoms with van der Waals surface area (Å²) in [6, 6.07) is 0. The van der Waals surface area contributed by atoms with Gasteiger partial charge in [0.1, 0.15) is 13.2 Å². The molecule has 1 unspecified atom stereocenters. The van der Waals surface area contributed by atoms with E-state index < -0.39 is 6.10 Å². The lowest BCUT2D eigenvalue weighted by molar-refractivity contribution is -0.167. The van der Waals surface area contributed by atoms with Crippen LogP contribution in [0.3, 0.4) is 0 Å². The Labute approximate surface area is 438 Å². The van der Waals surface area contributed by atoms with E-state index in [1.54, 1.807) is 0 Å². The number of hydrogen-bond acceptors (Lipinski definition) is 6. The second-order valence-electron chi connectivity index (χ2n) is 19.5. The summed E-state index contributed by atoms with van der Waals surface area (Å²) in [7, 11) is 0. The van der Waals surface area contributed by atoms with Crippen LogP contribution in [0.1, 0.15) is 278 Å². The highest BCUT2D eigenvalue weighted by Gasteiger charge is 2.19. The van der Waals surface area contributed by atoms with Gasteiger partial charge in [-0.1, -0.05) is 266 Å². The standard InChI is InChI=1S/C65H110O6/c1-4-7-10-13-16-19-22-25-28-31-32-35-37-40-43-46-49-52-55-58-64(67)70-61-62(71-65(68)59-56-53-50-47-44-41-38-34-30-27-24-21-18-15-12-9-6-3)60-69-63(66)57-54-51-48-45-42-39-36-33-29-26-23-20-17-14-11-8-5-2/h9,12,18,21,26-27,29-30,36,38-39,41,45,47-48,50,62H,4-8,10-11,13-17,19-20,22-25,28,31-35,37,40,42-44,46,49,51-61H2,1-3H3/b12-9-,21-18-,29-26-,30-27-,39-36-,41-38-,48-45-,50-47-. The van der Waals surface area contributed by atoms with Gasteiger partial charge in [-0.25, -0.2) is 0 Å². The van der Waals surface area contributed by atoms with Crippen LogP contribution in [0.4, 0.5) is 0 Å². The predicted octanol–water partition coefficient (Wildman–Crippen LogP) is 20.1. The van der Waals surface area contributed by atoms with Gasteiger partial charge >= 0.3 is 17.9 Å². The minimum Gasteiger partial charge on any atom is -0.462 e. The van der Waals surface area contributed by atoms with Gasteiger partial charge in [0.15, 0.2) is 6.10 Å². The first-order valence-electron chi connectivity index (χ1n) is 29.7. The maximum atomic E-state index is 12.8. The predicted molar refractivity (Wildman–Crippen MR) is 307 cm³/mol. The number of carbonyl (C=O) groups excluding carboxylic acids is 3. The van der Waals surface area contributed by atoms with E-state index in [1.807, 2.05) is 0 Å². The number of allylic oxidation sites excluding steroid dienone is 16. The maximum absolute atomic E-state index is 12.8. The molecule has 0 aromatic heterocycles. The largest absolute Gasteiger partial charge is 0.462 e. The smallest absolute Gasteiger partial charge is 0.306 e. The van der Waals surface area contributed by atoms with Crippen molar-refractivity contribution < 1.29 is 28.6 Å². The molecule has 1 atom stereocenters. The van der Waals surface area contributed by atoms with Gasteiger partial charge in [0.25, 0.3) is 0 Å². The maximum Gasteiger partial charge on any atom is 0.306 e. The van der Waals surface area contributed by atoms with E-state index in [9.17, 15) is 14.4 Å². The molecule has 6 nitrogen and oxygen atoms in total. The molecule has 0 fully saturated rings. The summed E-state index contributed by atoms with van der Waals surface area (Å²) in [5.41, 5.74) is 0. The third-order valence-corrected chi connectivity index (χ3v) is 12.6. The van der Waals surface area contributed by atoms with Gasteiger partial charge in [-0.15, -0.1) is 0 Å². The lowest BCUT2D eigenvalue weighted by Gasteiger charge is -2.18. The zero-order valence-electron chi connectivity index (χ0n) is 46.5. The topological polar surface area (TPSA) is 78.9 Å². The molecule has 0 heterocycles. The zero-order chi connectivity index (χ0) is 51.4. The molecule has 0 bridgehead atoms. The van der Waals surface area contributed by atoms with Crippen molar-refractivity contribution in [3.63, 3.8) is 0 Å². The number of hydrogen-bond donors (Lipinski definition) is 0. The van der Waals surface area contributed by atoms with Crippen LogP contribution in [0, 0.1) is 0 Å². The van der Waals surface area contributed by atoms with Crippen LogP contribution in [0.2, 0.25) is 0 Å². The third-order valence-electron chi connectivity index (χ3n) is 12.6. The average molecular weight is 988 g/mol. The number of esters is 3. The molecule has 71 heavy (non-hydrogen) atoms. The van der Waals surface area contributed by atoms with E-state index in [-0.39, 0.29) is 44.0 Å². The van der Waals surface area contributed by atoms with Crippen molar-refractivity contribution in [3.05, 3.63) is 97.2 Å². The molecule has 0 aliphatic rings. The second-order valence-corrected chi connectivity index (χ2v) is 19.5. The van der Waals surface area contributed by atoms with Gasteiger partial charge in [0.2, 0.25) is 0 Å². The molecule has 0 amide bonds. The molecule has 0 aliphatic heterocycles. The molecule has 0 saturated carbocycles. The summed E-state index contributed by atoms with van der Waals surface area (Å²) >= 11 is 0. The molecule has 0 aromatic rings. The van der Waals surface area contributed by atoms with Gasteiger partial charge in [0.05, 0.1) is 0 Å². The van der Waals surface area contributed by atoms with Crippen molar-refractivity contribution in [1.29, 1.82) is 0 Å². The van der Waals surface area contributed by atoms with Crippen LogP contribution >= 0.6 is 0 Å². The fourth-order valence-corrected chi connectivity index (χ4v) is 8.14. The van der Waals surface area contributed by atoms with Crippen LogP contribution in [0.5, 0.6) is 0 Å². The van der Waals surface area contributed by atoms with E-state index in [4.69, 9.17) is 14.2 Å². The van der Waals surface area contributed by atoms with Gasteiger partial charge < -0.3 is 14.2 Å². The van der Waals surface area contributed by atoms with E-state index in [1.165, 1.54) is 148 Å². The summed E-state index contributed by atoms with van der Waals surface area (Å²) in [5.74, 6) is -1.02. The molecule has 0 radical (unpaired) electrons. The number of ether oxygens (including phenoxy) is 3. The first kappa shape index (κ1) is 67.3. The SMILES string of the molecule is CC/C=C\C/C=C\C/C=C\C/C=C\C/C=C\CCCC(=O)OC(COC(=O)CCC/C=C\C/C=C\C/C=C\CCCCCCCC)COC(=O)CCCCCCCCCCCCCCCCCCCCC. The number of carbonyl (C=O) groups is 3. The molecule has 406 valence electrons. The van der Waals surface area contributed by atoms with E-state index >= 15 is 0 Å². The van der Waals surface area contributed by atoms with E-state index in [2.05, 4.69) is 118 Å². The molecule has 0 aliphatic carbocycles. The van der Waals surface area contributed by atoms with Crippen LogP contribution in [-0.2, 0) is 28.6 Å². The molecule has 0 N–H and O–H groups in total. The van der Waals surface area contributed by atoms with Crippen molar-refractivity contribution in [2.45, 2.75) is 284 Å². The Balaban J connectivity index is 4.51. The summed E-state index contributed by atoms with van der Waals surface area (Å²) in [4.78, 5) is 38.2. The Morgan fingerprint density at radius 1 is 0.296 bits per heavy atom. The average Bonchev–Trinajstić information content (AvgIpc) is 3.37. The molecular formula is C65H110O6. The van der Waals surface area contributed by atoms with Crippen LogP contribution < -0.4 is 0 Å². The first-order valence-corrected chi connectivity index (χ1v) is 29.7. The van der Waals surface area contributed by atoms with Crippen molar-refractivity contribution in [3.8, 4) is 0 Å². The highest BCUT2D eigenvalue weighted by Crippen LogP contribution is 2.16. The minimum absolute atomic E-state index is 0.114. The normalized spacial score (nSPS) is 12.8. The van der Waals surface area contributed by atoms with Crippen LogP contribution in [0.15, 0.2) is 97.2 Å². The number of rotatable bonds is 53. The Morgan fingerprint density at radius 2 is 0.563 bits per heavy atom. The van der Waals surface area contributed by atoms with Crippen molar-refractivity contribution >= 4 is 17.9 Å². The Hall–Kier alpha value is -3.67. The Bertz CT molecular complexity index is 1410. The third kappa shape index (κ3) is 57.1. The fraction of sp³-hybridized carbons (Fsp3) is 0.708. The zero-order valence-corrected chi connectivity index (χ0v) is 46.5. The lowest BCUT2D eigenvalue weighted by atomic mass is 10.0. The highest BCUT2D eigenvalue weighted by atomic mass is 16.6. The van der Waals surface area contributed by atoms with Crippen molar-refractivity contribution in [2.75, 3.05) is 13.2 Å². The summed E-state index contributed by atoms with van der Waals surface area (Å²) in [6.07, 6.45) is 78.5. The molecular weight excluding hydrogens is 877 g/mol. The molecule has 0 saturated heterocycles. The molecule has 0 aromatic carbocycles. The monoisotopic (exact) mass is 987 g/mol. The summed E-state index contributed by atoms with van der Waals surface area (Å²) in [5, 5.41) is 0. The molecule has 0 spiro atoms. The van der Waals surface area contributed by atoms with Gasteiger partial charge in [-0.2, -0.15) is 0 Å². The number of unbranched alkanes of at least 4 members (excludes halogenated alkanes) is 26. The van der Waals surface area contributed by atoms with Gasteiger partial charge in [-0.05, 0) is 89.9 Å². The highest BCUT2D eigenvalue weighted by molar-refractivity contribution is 5.71. The van der Waals surface area contributed by atoms with Gasteiger partial charge in [0, 0.05) is 19.3 Å². The molecule has 0 rings (SSSR count). The van der Waals surface area contributed by atoms with E-state index in [0.717, 1.165) is 77.0 Å². The van der Waals surface area contributed by atoms with Crippen LogP contribution in [0.25, 0.3) is 0 Å². The Kier molecular flexibility index (Phi) is 55.9. The lowest BCUT2D eigenvalue weighted by Crippen LogP contribution is -2.30. The fourth-order valence-electron chi connectivity index (χ4n) is 8.14. The Morgan fingerprint density at radius 3 is 0.915 bits per heavy atom. The van der Waals surface area contributed by atoms with Crippen LogP contribution in [-0.4, -0.2) is 37.2 Å². The van der Waals surface area contributed by atoms with Crippen molar-refractivity contribution in [2.24, 2.45) is 0 Å². The minimum atomic E-state index is -0.828. The molecule has 6 heteroatoms. The summed E-state index contributed by atoms with van der Waals surface area (Å²) < 4.78 is 16.8.